The second-order valence-electron chi connectivity index (χ2n) is 4.43. The number of carboxylic acids is 1. The van der Waals surface area contributed by atoms with E-state index in [1.165, 1.54) is 22.9 Å². The number of amides is 2. The van der Waals surface area contributed by atoms with Crippen LogP contribution >= 0.6 is 0 Å². The Labute approximate surface area is 122 Å². The molecular weight excluding hydrogens is 270 g/mol. The van der Waals surface area contributed by atoms with Crippen LogP contribution in [0.1, 0.15) is 10.4 Å². The third kappa shape index (κ3) is 3.00. The van der Waals surface area contributed by atoms with Crippen LogP contribution < -0.4 is 9.80 Å². The van der Waals surface area contributed by atoms with Crippen LogP contribution in [0.2, 0.25) is 0 Å². The van der Waals surface area contributed by atoms with Gasteiger partial charge in [-0.3, -0.25) is 14.8 Å². The van der Waals surface area contributed by atoms with Crippen molar-refractivity contribution in [1.82, 2.24) is 4.98 Å². The summed E-state index contributed by atoms with van der Waals surface area (Å²) in [6.45, 7) is 0. The van der Waals surface area contributed by atoms with Crippen LogP contribution in [0.5, 0.6) is 0 Å². The van der Waals surface area contributed by atoms with Gasteiger partial charge in [-0.1, -0.05) is 12.1 Å². The molecule has 0 spiro atoms. The van der Waals surface area contributed by atoms with E-state index in [0.29, 0.717) is 11.4 Å². The number of pyridine rings is 1. The summed E-state index contributed by atoms with van der Waals surface area (Å²) in [5, 5.41) is 9.19. The van der Waals surface area contributed by atoms with Crippen molar-refractivity contribution in [3.63, 3.8) is 0 Å². The number of aromatic nitrogens is 1. The van der Waals surface area contributed by atoms with Gasteiger partial charge in [-0.25, -0.2) is 9.59 Å². The molecule has 0 aliphatic rings. The molecule has 6 nitrogen and oxygen atoms in total. The van der Waals surface area contributed by atoms with Gasteiger partial charge < -0.3 is 5.11 Å². The first-order valence-electron chi connectivity index (χ1n) is 6.26. The highest BCUT2D eigenvalue weighted by atomic mass is 16.4. The second-order valence-corrected chi connectivity index (χ2v) is 4.43. The highest BCUT2D eigenvalue weighted by molar-refractivity contribution is 6.06. The lowest BCUT2D eigenvalue weighted by Gasteiger charge is -2.25. The summed E-state index contributed by atoms with van der Waals surface area (Å²) >= 11 is 0. The van der Waals surface area contributed by atoms with E-state index < -0.39 is 5.97 Å². The molecule has 2 rings (SSSR count). The minimum Gasteiger partial charge on any atom is -0.478 e. The Balaban J connectivity index is 2.30. The van der Waals surface area contributed by atoms with Gasteiger partial charge in [-0.05, 0) is 24.3 Å². The fraction of sp³-hybridized carbons (Fsp3) is 0.133. The van der Waals surface area contributed by atoms with Gasteiger partial charge in [0, 0.05) is 20.3 Å². The molecule has 0 unspecified atom stereocenters. The fourth-order valence-corrected chi connectivity index (χ4v) is 1.94. The topological polar surface area (TPSA) is 73.7 Å². The number of carbonyl (C=O) groups is 2. The summed E-state index contributed by atoms with van der Waals surface area (Å²) in [6, 6.07) is 9.50. The standard InChI is InChI=1S/C15H15N3O3/c1-17(11-6-5-9-16-10-11)15(21)18(2)13-8-4-3-7-12(13)14(19)20/h3-10H,1-2H3,(H,19,20). The molecule has 0 aliphatic heterocycles. The van der Waals surface area contributed by atoms with Crippen LogP contribution in [-0.4, -0.2) is 36.2 Å². The number of carbonyl (C=O) groups excluding carboxylic acids is 1. The van der Waals surface area contributed by atoms with E-state index >= 15 is 0 Å². The molecule has 1 N–H and O–H groups in total. The Morgan fingerprint density at radius 1 is 1.05 bits per heavy atom. The molecule has 1 aromatic carbocycles. The van der Waals surface area contributed by atoms with Crippen molar-refractivity contribution < 1.29 is 14.7 Å². The monoisotopic (exact) mass is 285 g/mol. The minimum absolute atomic E-state index is 0.0768. The molecule has 108 valence electrons. The molecule has 1 aromatic heterocycles. The molecule has 2 aromatic rings. The highest BCUT2D eigenvalue weighted by Crippen LogP contribution is 2.21. The van der Waals surface area contributed by atoms with Crippen LogP contribution in [0.25, 0.3) is 0 Å². The van der Waals surface area contributed by atoms with Crippen LogP contribution in [0.3, 0.4) is 0 Å². The number of hydrogen-bond donors (Lipinski definition) is 1. The van der Waals surface area contributed by atoms with Gasteiger partial charge in [0.25, 0.3) is 0 Å². The number of para-hydroxylation sites is 1. The maximum atomic E-state index is 12.4. The largest absolute Gasteiger partial charge is 0.478 e. The molecule has 0 fully saturated rings. The molecular formula is C15H15N3O3. The Hall–Kier alpha value is -2.89. The lowest BCUT2D eigenvalue weighted by atomic mass is 10.1. The van der Waals surface area contributed by atoms with Crippen LogP contribution in [0.4, 0.5) is 16.2 Å². The number of urea groups is 1. The molecule has 0 saturated carbocycles. The van der Waals surface area contributed by atoms with Gasteiger partial charge in [-0.15, -0.1) is 0 Å². The molecule has 6 heteroatoms. The van der Waals surface area contributed by atoms with Crippen molar-refractivity contribution in [3.05, 3.63) is 54.4 Å². The maximum Gasteiger partial charge on any atom is 0.337 e. The summed E-state index contributed by atoms with van der Waals surface area (Å²) in [6.07, 6.45) is 3.18. The molecule has 1 heterocycles. The number of aromatic carboxylic acids is 1. The first-order chi connectivity index (χ1) is 10.0. The Morgan fingerprint density at radius 3 is 2.38 bits per heavy atom. The molecule has 0 aliphatic carbocycles. The number of rotatable bonds is 3. The van der Waals surface area contributed by atoms with Crippen molar-refractivity contribution in [1.29, 1.82) is 0 Å². The van der Waals surface area contributed by atoms with E-state index in [2.05, 4.69) is 4.98 Å². The molecule has 0 atom stereocenters. The Kier molecular flexibility index (Phi) is 4.18. The van der Waals surface area contributed by atoms with E-state index in [-0.39, 0.29) is 11.6 Å². The normalized spacial score (nSPS) is 10.0. The quantitative estimate of drug-likeness (QED) is 0.940. The number of benzene rings is 1. The lowest BCUT2D eigenvalue weighted by Crippen LogP contribution is -2.39. The highest BCUT2D eigenvalue weighted by Gasteiger charge is 2.21. The zero-order valence-corrected chi connectivity index (χ0v) is 11.7. The first kappa shape index (κ1) is 14.5. The first-order valence-corrected chi connectivity index (χ1v) is 6.26. The molecule has 21 heavy (non-hydrogen) atoms. The van der Waals surface area contributed by atoms with Gasteiger partial charge in [0.1, 0.15) is 0 Å². The summed E-state index contributed by atoms with van der Waals surface area (Å²) in [7, 11) is 3.15. The number of carboxylic acid groups (broad SMARTS) is 1. The van der Waals surface area contributed by atoms with E-state index in [0.717, 1.165) is 0 Å². The third-order valence-electron chi connectivity index (χ3n) is 3.10. The van der Waals surface area contributed by atoms with Crippen LogP contribution in [-0.2, 0) is 0 Å². The summed E-state index contributed by atoms with van der Waals surface area (Å²) in [5.74, 6) is -1.07. The molecule has 0 bridgehead atoms. The SMILES string of the molecule is CN(C(=O)N(C)c1ccccc1C(=O)O)c1cccnc1. The fourth-order valence-electron chi connectivity index (χ4n) is 1.94. The Morgan fingerprint density at radius 2 is 1.76 bits per heavy atom. The van der Waals surface area contributed by atoms with Gasteiger partial charge in [0.05, 0.1) is 23.1 Å². The van der Waals surface area contributed by atoms with E-state index in [1.807, 2.05) is 0 Å². The van der Waals surface area contributed by atoms with Crippen molar-refractivity contribution in [2.45, 2.75) is 0 Å². The van der Waals surface area contributed by atoms with Gasteiger partial charge >= 0.3 is 12.0 Å². The predicted molar refractivity (Wildman–Crippen MR) is 79.8 cm³/mol. The van der Waals surface area contributed by atoms with Gasteiger partial charge in [0.15, 0.2) is 0 Å². The van der Waals surface area contributed by atoms with Crippen molar-refractivity contribution in [2.24, 2.45) is 0 Å². The van der Waals surface area contributed by atoms with E-state index in [4.69, 9.17) is 0 Å². The maximum absolute atomic E-state index is 12.4. The zero-order valence-electron chi connectivity index (χ0n) is 11.7. The Bertz CT molecular complexity index is 658. The number of anilines is 2. The van der Waals surface area contributed by atoms with Crippen LogP contribution in [0, 0.1) is 0 Å². The summed E-state index contributed by atoms with van der Waals surface area (Å²) in [5.41, 5.74) is 1.04. The lowest BCUT2D eigenvalue weighted by molar-refractivity contribution is 0.0697. The average Bonchev–Trinajstić information content (AvgIpc) is 2.53. The van der Waals surface area contributed by atoms with Gasteiger partial charge in [0.2, 0.25) is 0 Å². The summed E-state index contributed by atoms with van der Waals surface area (Å²) < 4.78 is 0. The minimum atomic E-state index is -1.07. The average molecular weight is 285 g/mol. The number of hydrogen-bond acceptors (Lipinski definition) is 3. The number of nitrogens with zero attached hydrogens (tertiary/aromatic N) is 3. The summed E-state index contributed by atoms with van der Waals surface area (Å²) in [4.78, 5) is 30.3. The van der Waals surface area contributed by atoms with E-state index in [9.17, 15) is 14.7 Å². The molecule has 0 radical (unpaired) electrons. The molecule has 0 saturated heterocycles. The van der Waals surface area contributed by atoms with Crippen LogP contribution in [0.15, 0.2) is 48.8 Å². The molecule has 2 amide bonds. The second kappa shape index (κ2) is 6.04. The van der Waals surface area contributed by atoms with Crippen molar-refractivity contribution >= 4 is 23.4 Å². The van der Waals surface area contributed by atoms with Crippen molar-refractivity contribution in [2.75, 3.05) is 23.9 Å². The zero-order chi connectivity index (χ0) is 15.4. The predicted octanol–water partition coefficient (Wildman–Crippen LogP) is 2.47. The van der Waals surface area contributed by atoms with E-state index in [1.54, 1.807) is 49.8 Å². The third-order valence-corrected chi connectivity index (χ3v) is 3.10. The smallest absolute Gasteiger partial charge is 0.337 e. The van der Waals surface area contributed by atoms with Crippen molar-refractivity contribution in [3.8, 4) is 0 Å². The van der Waals surface area contributed by atoms with Gasteiger partial charge in [-0.2, -0.15) is 0 Å².